The Morgan fingerprint density at radius 2 is 1.53 bits per heavy atom. The molecule has 15 heavy (non-hydrogen) atoms. The molecule has 0 saturated carbocycles. The molecule has 2 N–H and O–H groups in total. The highest BCUT2D eigenvalue weighted by Gasteiger charge is 2.23. The van der Waals surface area contributed by atoms with Crippen LogP contribution in [0.1, 0.15) is 48.0 Å². The summed E-state index contributed by atoms with van der Waals surface area (Å²) in [6.45, 7) is 15.8. The van der Waals surface area contributed by atoms with E-state index in [9.17, 15) is 0 Å². The van der Waals surface area contributed by atoms with E-state index in [-0.39, 0.29) is 5.54 Å². The van der Waals surface area contributed by atoms with Crippen molar-refractivity contribution in [2.24, 2.45) is 11.3 Å². The van der Waals surface area contributed by atoms with Gasteiger partial charge >= 0.3 is 0 Å². The molecule has 0 aromatic carbocycles. The zero-order chi connectivity index (χ0) is 12.1. The summed E-state index contributed by atoms with van der Waals surface area (Å²) in [4.78, 5) is 0. The fourth-order valence-electron chi connectivity index (χ4n) is 2.16. The SMILES string of the molecule is CNCC(C)(C)NCC(C)(C)CC(C)C. The average molecular weight is 214 g/mol. The van der Waals surface area contributed by atoms with Crippen LogP contribution < -0.4 is 10.6 Å². The Hall–Kier alpha value is -0.0800. The average Bonchev–Trinajstić information content (AvgIpc) is 1.99. The molecule has 0 radical (unpaired) electrons. The highest BCUT2D eigenvalue weighted by Crippen LogP contribution is 2.24. The van der Waals surface area contributed by atoms with Crippen molar-refractivity contribution in [3.63, 3.8) is 0 Å². The van der Waals surface area contributed by atoms with E-state index in [1.54, 1.807) is 0 Å². The van der Waals surface area contributed by atoms with Gasteiger partial charge in [0.1, 0.15) is 0 Å². The van der Waals surface area contributed by atoms with Crippen molar-refractivity contribution in [3.05, 3.63) is 0 Å². The van der Waals surface area contributed by atoms with Crippen LogP contribution in [0.5, 0.6) is 0 Å². The molecule has 0 bridgehead atoms. The number of likely N-dealkylation sites (N-methyl/N-ethyl adjacent to an activating group) is 1. The van der Waals surface area contributed by atoms with Gasteiger partial charge in [-0.05, 0) is 38.6 Å². The summed E-state index contributed by atoms with van der Waals surface area (Å²) in [5.74, 6) is 0.772. The van der Waals surface area contributed by atoms with Crippen molar-refractivity contribution in [2.45, 2.75) is 53.5 Å². The van der Waals surface area contributed by atoms with Crippen molar-refractivity contribution in [2.75, 3.05) is 20.1 Å². The second-order valence-electron chi connectivity index (χ2n) is 6.53. The van der Waals surface area contributed by atoms with Crippen LogP contribution in [0, 0.1) is 11.3 Å². The smallest absolute Gasteiger partial charge is 0.0249 e. The molecule has 0 spiro atoms. The molecule has 0 atom stereocenters. The molecule has 0 aliphatic rings. The molecule has 2 nitrogen and oxygen atoms in total. The Balaban J connectivity index is 4.01. The lowest BCUT2D eigenvalue weighted by atomic mass is 9.83. The molecule has 0 aliphatic carbocycles. The van der Waals surface area contributed by atoms with Crippen LogP contribution in [-0.2, 0) is 0 Å². The van der Waals surface area contributed by atoms with Gasteiger partial charge in [-0.25, -0.2) is 0 Å². The summed E-state index contributed by atoms with van der Waals surface area (Å²) < 4.78 is 0. The first-order chi connectivity index (χ1) is 6.68. The van der Waals surface area contributed by atoms with Crippen molar-refractivity contribution >= 4 is 0 Å². The third-order valence-corrected chi connectivity index (χ3v) is 2.63. The highest BCUT2D eigenvalue weighted by molar-refractivity contribution is 4.83. The van der Waals surface area contributed by atoms with Crippen LogP contribution in [0.2, 0.25) is 0 Å². The fraction of sp³-hybridized carbons (Fsp3) is 1.00. The van der Waals surface area contributed by atoms with Gasteiger partial charge < -0.3 is 10.6 Å². The molecule has 0 heterocycles. The van der Waals surface area contributed by atoms with Crippen LogP contribution in [0.3, 0.4) is 0 Å². The first-order valence-electron chi connectivity index (χ1n) is 6.08. The molecule has 92 valence electrons. The van der Waals surface area contributed by atoms with Gasteiger partial charge in [-0.2, -0.15) is 0 Å². The Bertz CT molecular complexity index is 171. The largest absolute Gasteiger partial charge is 0.318 e. The zero-order valence-electron chi connectivity index (χ0n) is 11.7. The van der Waals surface area contributed by atoms with Crippen LogP contribution in [-0.4, -0.2) is 25.7 Å². The second-order valence-corrected chi connectivity index (χ2v) is 6.53. The topological polar surface area (TPSA) is 24.1 Å². The Morgan fingerprint density at radius 3 is 1.93 bits per heavy atom. The van der Waals surface area contributed by atoms with Gasteiger partial charge in [0, 0.05) is 18.6 Å². The summed E-state index contributed by atoms with van der Waals surface area (Å²) in [5.41, 5.74) is 0.572. The Labute approximate surface area is 96.2 Å². The van der Waals surface area contributed by atoms with E-state index in [4.69, 9.17) is 0 Å². The van der Waals surface area contributed by atoms with Gasteiger partial charge in [0.25, 0.3) is 0 Å². The predicted molar refractivity (Wildman–Crippen MR) is 69.2 cm³/mol. The van der Waals surface area contributed by atoms with Crippen molar-refractivity contribution < 1.29 is 0 Å². The van der Waals surface area contributed by atoms with Crippen LogP contribution in [0.25, 0.3) is 0 Å². The standard InChI is InChI=1S/C13H30N2/c1-11(2)8-12(3,4)9-15-13(5,6)10-14-7/h11,14-15H,8-10H2,1-7H3. The van der Waals surface area contributed by atoms with E-state index in [0.29, 0.717) is 5.41 Å². The van der Waals surface area contributed by atoms with Crippen LogP contribution in [0.15, 0.2) is 0 Å². The second kappa shape index (κ2) is 5.86. The van der Waals surface area contributed by atoms with Crippen LogP contribution in [0.4, 0.5) is 0 Å². The first-order valence-corrected chi connectivity index (χ1v) is 6.08. The number of hydrogen-bond acceptors (Lipinski definition) is 2. The quantitative estimate of drug-likeness (QED) is 0.681. The molecular weight excluding hydrogens is 184 g/mol. The molecule has 0 amide bonds. The lowest BCUT2D eigenvalue weighted by Crippen LogP contribution is -2.50. The highest BCUT2D eigenvalue weighted by atomic mass is 15.0. The van der Waals surface area contributed by atoms with Gasteiger partial charge in [-0.15, -0.1) is 0 Å². The molecule has 0 fully saturated rings. The Kier molecular flexibility index (Phi) is 5.82. The van der Waals surface area contributed by atoms with Gasteiger partial charge in [0.05, 0.1) is 0 Å². The minimum absolute atomic E-state index is 0.184. The van der Waals surface area contributed by atoms with E-state index in [0.717, 1.165) is 19.0 Å². The summed E-state index contributed by atoms with van der Waals surface area (Å²) in [7, 11) is 2.00. The summed E-state index contributed by atoms with van der Waals surface area (Å²) in [6.07, 6.45) is 1.27. The molecule has 0 rings (SSSR count). The van der Waals surface area contributed by atoms with Gasteiger partial charge in [0.15, 0.2) is 0 Å². The number of nitrogens with one attached hydrogen (secondary N) is 2. The van der Waals surface area contributed by atoms with E-state index >= 15 is 0 Å². The third-order valence-electron chi connectivity index (χ3n) is 2.63. The van der Waals surface area contributed by atoms with Crippen molar-refractivity contribution in [1.82, 2.24) is 10.6 Å². The third kappa shape index (κ3) is 7.80. The minimum Gasteiger partial charge on any atom is -0.318 e. The summed E-state index contributed by atoms with van der Waals surface area (Å²) in [5, 5.41) is 6.87. The van der Waals surface area contributed by atoms with Crippen molar-refractivity contribution in [1.29, 1.82) is 0 Å². The fourth-order valence-corrected chi connectivity index (χ4v) is 2.16. The maximum atomic E-state index is 3.64. The zero-order valence-corrected chi connectivity index (χ0v) is 11.7. The first kappa shape index (κ1) is 14.9. The van der Waals surface area contributed by atoms with E-state index in [1.165, 1.54) is 6.42 Å². The molecule has 2 heteroatoms. The monoisotopic (exact) mass is 214 g/mol. The van der Waals surface area contributed by atoms with E-state index in [2.05, 4.69) is 52.2 Å². The van der Waals surface area contributed by atoms with Gasteiger partial charge in [-0.1, -0.05) is 27.7 Å². The number of rotatable bonds is 7. The summed E-state index contributed by atoms with van der Waals surface area (Å²) in [6, 6.07) is 0. The minimum atomic E-state index is 0.184. The maximum absolute atomic E-state index is 3.64. The summed E-state index contributed by atoms with van der Waals surface area (Å²) >= 11 is 0. The van der Waals surface area contributed by atoms with Gasteiger partial charge in [-0.3, -0.25) is 0 Å². The molecule has 0 unspecified atom stereocenters. The predicted octanol–water partition coefficient (Wildman–Crippen LogP) is 2.65. The van der Waals surface area contributed by atoms with E-state index < -0.39 is 0 Å². The maximum Gasteiger partial charge on any atom is 0.0249 e. The molecule has 0 saturated heterocycles. The molecule has 0 aromatic heterocycles. The van der Waals surface area contributed by atoms with Gasteiger partial charge in [0.2, 0.25) is 0 Å². The van der Waals surface area contributed by atoms with Crippen LogP contribution >= 0.6 is 0 Å². The lowest BCUT2D eigenvalue weighted by Gasteiger charge is -2.33. The van der Waals surface area contributed by atoms with Crippen molar-refractivity contribution in [3.8, 4) is 0 Å². The lowest BCUT2D eigenvalue weighted by molar-refractivity contribution is 0.236. The molecular formula is C13H30N2. The number of hydrogen-bond donors (Lipinski definition) is 2. The normalized spacial score (nSPS) is 13.6. The Morgan fingerprint density at radius 1 is 1.00 bits per heavy atom. The molecule has 0 aliphatic heterocycles. The van der Waals surface area contributed by atoms with E-state index in [1.807, 2.05) is 7.05 Å². The molecule has 0 aromatic rings.